The van der Waals surface area contributed by atoms with Gasteiger partial charge in [0.15, 0.2) is 0 Å². The number of urea groups is 1. The van der Waals surface area contributed by atoms with Gasteiger partial charge < -0.3 is 20.3 Å². The minimum atomic E-state index is -0.332. The maximum absolute atomic E-state index is 13.8. The van der Waals surface area contributed by atoms with Crippen molar-refractivity contribution in [2.75, 3.05) is 24.3 Å². The van der Waals surface area contributed by atoms with Gasteiger partial charge in [0, 0.05) is 25.2 Å². The largest absolute Gasteiger partial charge is 0.497 e. The van der Waals surface area contributed by atoms with Crippen LogP contribution >= 0.6 is 23.2 Å². The minimum Gasteiger partial charge on any atom is -0.497 e. The number of ether oxygens (including phenoxy) is 1. The van der Waals surface area contributed by atoms with Gasteiger partial charge in [-0.05, 0) is 48.0 Å². The molecule has 1 aliphatic heterocycles. The number of rotatable bonds is 6. The molecule has 2 heterocycles. The molecular weight excluding hydrogens is 525 g/mol. The summed E-state index contributed by atoms with van der Waals surface area (Å²) in [4.78, 5) is 33.2. The number of hydrogen-bond acceptors (Lipinski definition) is 5. The van der Waals surface area contributed by atoms with Crippen LogP contribution in [0.15, 0.2) is 77.6 Å². The van der Waals surface area contributed by atoms with E-state index in [0.29, 0.717) is 58.1 Å². The van der Waals surface area contributed by atoms with Crippen LogP contribution in [0.25, 0.3) is 5.69 Å². The smallest absolute Gasteiger partial charge is 0.322 e. The van der Waals surface area contributed by atoms with Gasteiger partial charge in [0.1, 0.15) is 5.75 Å². The van der Waals surface area contributed by atoms with Gasteiger partial charge in [0.05, 0.1) is 40.6 Å². The first kappa shape index (κ1) is 25.6. The third-order valence-electron chi connectivity index (χ3n) is 6.31. The highest BCUT2D eigenvalue weighted by Crippen LogP contribution is 2.26. The highest BCUT2D eigenvalue weighted by atomic mass is 35.5. The Morgan fingerprint density at radius 2 is 1.79 bits per heavy atom. The van der Waals surface area contributed by atoms with Crippen molar-refractivity contribution in [3.05, 3.63) is 110 Å². The van der Waals surface area contributed by atoms with Crippen molar-refractivity contribution in [1.82, 2.24) is 14.5 Å². The van der Waals surface area contributed by atoms with Crippen molar-refractivity contribution in [3.63, 3.8) is 0 Å². The lowest BCUT2D eigenvalue weighted by Gasteiger charge is -2.29. The third-order valence-corrected chi connectivity index (χ3v) is 7.05. The molecule has 0 atom stereocenters. The molecule has 0 spiro atoms. The number of carbonyl (C=O) groups excluding carboxylic acids is 1. The van der Waals surface area contributed by atoms with Gasteiger partial charge >= 0.3 is 6.03 Å². The standard InChI is InChI=1S/C28H25Cl2N5O3/c1-38-21-10-7-18(8-11-21)16-31-27-33-25-13-14-34(28(37)32-19-9-12-23(29)24(30)15-19)17-22(25)26(36)35(27)20-5-3-2-4-6-20/h2-12,15H,13-14,16-17H2,1H3,(H,31,33)(H,32,37). The average molecular weight is 550 g/mol. The molecule has 8 nitrogen and oxygen atoms in total. The van der Waals surface area contributed by atoms with Gasteiger partial charge in [-0.2, -0.15) is 0 Å². The lowest BCUT2D eigenvalue weighted by molar-refractivity contribution is 0.205. The summed E-state index contributed by atoms with van der Waals surface area (Å²) in [6, 6.07) is 21.6. The second-order valence-electron chi connectivity index (χ2n) is 8.77. The Bertz CT molecular complexity index is 1520. The molecule has 2 N–H and O–H groups in total. The summed E-state index contributed by atoms with van der Waals surface area (Å²) < 4.78 is 6.79. The van der Waals surface area contributed by atoms with Crippen LogP contribution in [-0.2, 0) is 19.5 Å². The summed E-state index contributed by atoms with van der Waals surface area (Å²) in [7, 11) is 1.63. The molecule has 0 fully saturated rings. The fourth-order valence-corrected chi connectivity index (χ4v) is 4.58. The highest BCUT2D eigenvalue weighted by Gasteiger charge is 2.27. The summed E-state index contributed by atoms with van der Waals surface area (Å²) in [6.45, 7) is 1.03. The molecule has 0 radical (unpaired) electrons. The number of methoxy groups -OCH3 is 1. The first-order valence-electron chi connectivity index (χ1n) is 12.0. The van der Waals surface area contributed by atoms with Crippen LogP contribution in [0.3, 0.4) is 0 Å². The molecule has 194 valence electrons. The van der Waals surface area contributed by atoms with E-state index in [0.717, 1.165) is 11.3 Å². The van der Waals surface area contributed by atoms with Gasteiger partial charge in [-0.1, -0.05) is 53.5 Å². The fraction of sp³-hybridized carbons (Fsp3) is 0.179. The van der Waals surface area contributed by atoms with Crippen molar-refractivity contribution in [1.29, 1.82) is 0 Å². The maximum atomic E-state index is 13.8. The predicted octanol–water partition coefficient (Wildman–Crippen LogP) is 5.75. The molecule has 0 saturated carbocycles. The zero-order valence-electron chi connectivity index (χ0n) is 20.6. The second kappa shape index (κ2) is 11.2. The first-order chi connectivity index (χ1) is 18.4. The summed E-state index contributed by atoms with van der Waals surface area (Å²) in [5.41, 5.74) is 3.17. The van der Waals surface area contributed by atoms with Crippen LogP contribution < -0.4 is 20.9 Å². The Morgan fingerprint density at radius 3 is 2.50 bits per heavy atom. The molecule has 0 aliphatic carbocycles. The molecule has 1 aromatic heterocycles. The van der Waals surface area contributed by atoms with E-state index in [1.54, 1.807) is 34.8 Å². The molecule has 2 amide bonds. The molecule has 10 heteroatoms. The number of fused-ring (bicyclic) bond motifs is 1. The second-order valence-corrected chi connectivity index (χ2v) is 9.58. The topological polar surface area (TPSA) is 88.5 Å². The molecule has 38 heavy (non-hydrogen) atoms. The van der Waals surface area contributed by atoms with E-state index in [1.165, 1.54) is 0 Å². The van der Waals surface area contributed by atoms with E-state index < -0.39 is 0 Å². The number of hydrogen-bond donors (Lipinski definition) is 2. The molecule has 0 saturated heterocycles. The zero-order chi connectivity index (χ0) is 26.6. The number of nitrogens with zero attached hydrogens (tertiary/aromatic N) is 3. The van der Waals surface area contributed by atoms with Gasteiger partial charge in [-0.15, -0.1) is 0 Å². The van der Waals surface area contributed by atoms with Crippen LogP contribution in [-0.4, -0.2) is 34.1 Å². The average Bonchev–Trinajstić information content (AvgIpc) is 2.94. The van der Waals surface area contributed by atoms with E-state index in [9.17, 15) is 9.59 Å². The Morgan fingerprint density at radius 1 is 1.03 bits per heavy atom. The van der Waals surface area contributed by atoms with Crippen LogP contribution in [0.5, 0.6) is 5.75 Å². The number of aromatic nitrogens is 2. The molecular formula is C28H25Cl2N5O3. The van der Waals surface area contributed by atoms with Crippen LogP contribution in [0.2, 0.25) is 10.0 Å². The van der Waals surface area contributed by atoms with Crippen LogP contribution in [0.4, 0.5) is 16.4 Å². The number of benzene rings is 3. The van der Waals surface area contributed by atoms with E-state index in [1.807, 2.05) is 54.6 Å². The Hall–Kier alpha value is -4.01. The predicted molar refractivity (Wildman–Crippen MR) is 150 cm³/mol. The summed E-state index contributed by atoms with van der Waals surface area (Å²) in [5, 5.41) is 6.90. The molecule has 3 aromatic carbocycles. The van der Waals surface area contributed by atoms with Gasteiger partial charge in [-0.25, -0.2) is 14.3 Å². The number of amides is 2. The summed E-state index contributed by atoms with van der Waals surface area (Å²) in [6.07, 6.45) is 0.451. The number of anilines is 2. The van der Waals surface area contributed by atoms with Crippen molar-refractivity contribution in [2.24, 2.45) is 0 Å². The lowest BCUT2D eigenvalue weighted by Crippen LogP contribution is -2.43. The van der Waals surface area contributed by atoms with Crippen LogP contribution in [0.1, 0.15) is 16.8 Å². The highest BCUT2D eigenvalue weighted by molar-refractivity contribution is 6.42. The molecule has 0 unspecified atom stereocenters. The monoisotopic (exact) mass is 549 g/mol. The van der Waals surface area contributed by atoms with Gasteiger partial charge in [-0.3, -0.25) is 4.79 Å². The van der Waals surface area contributed by atoms with E-state index in [-0.39, 0.29) is 18.1 Å². The summed E-state index contributed by atoms with van der Waals surface area (Å²) >= 11 is 12.1. The normalized spacial score (nSPS) is 12.6. The van der Waals surface area contributed by atoms with Crippen molar-refractivity contribution in [3.8, 4) is 11.4 Å². The number of carbonyl (C=O) groups is 1. The van der Waals surface area contributed by atoms with E-state index in [4.69, 9.17) is 32.9 Å². The van der Waals surface area contributed by atoms with Gasteiger partial charge in [0.2, 0.25) is 5.95 Å². The lowest BCUT2D eigenvalue weighted by atomic mass is 10.1. The Kier molecular flexibility index (Phi) is 7.53. The molecule has 1 aliphatic rings. The van der Waals surface area contributed by atoms with E-state index >= 15 is 0 Å². The van der Waals surface area contributed by atoms with E-state index in [2.05, 4.69) is 10.6 Å². The first-order valence-corrected chi connectivity index (χ1v) is 12.8. The quantitative estimate of drug-likeness (QED) is 0.319. The Labute approximate surface area is 229 Å². The van der Waals surface area contributed by atoms with Crippen molar-refractivity contribution in [2.45, 2.75) is 19.5 Å². The molecule has 5 rings (SSSR count). The van der Waals surface area contributed by atoms with Crippen molar-refractivity contribution >= 4 is 40.9 Å². The Balaban J connectivity index is 1.42. The zero-order valence-corrected chi connectivity index (χ0v) is 22.1. The minimum absolute atomic E-state index is 0.139. The molecule has 0 bridgehead atoms. The number of para-hydroxylation sites is 1. The number of halogens is 2. The number of nitrogens with one attached hydrogen (secondary N) is 2. The van der Waals surface area contributed by atoms with Gasteiger partial charge in [0.25, 0.3) is 5.56 Å². The van der Waals surface area contributed by atoms with Crippen molar-refractivity contribution < 1.29 is 9.53 Å². The molecule has 4 aromatic rings. The summed E-state index contributed by atoms with van der Waals surface area (Å²) in [5.74, 6) is 1.22. The van der Waals surface area contributed by atoms with Crippen LogP contribution in [0, 0.1) is 0 Å². The third kappa shape index (κ3) is 5.46. The maximum Gasteiger partial charge on any atom is 0.322 e. The fourth-order valence-electron chi connectivity index (χ4n) is 4.29. The SMILES string of the molecule is COc1ccc(CNc2nc3c(c(=O)n2-c2ccccc2)CN(C(=O)Nc2ccc(Cl)c(Cl)c2)CC3)cc1.